The van der Waals surface area contributed by atoms with Crippen molar-refractivity contribution in [1.29, 1.82) is 0 Å². The summed E-state index contributed by atoms with van der Waals surface area (Å²) < 4.78 is 16.0. The molecular formula is C19H21Cl3FN5. The summed E-state index contributed by atoms with van der Waals surface area (Å²) in [5, 5.41) is 1.21. The Labute approximate surface area is 179 Å². The topological polar surface area (TPSA) is 60.0 Å². The maximum Gasteiger partial charge on any atom is 0.207 e. The second-order valence-corrected chi connectivity index (χ2v) is 7.78. The molecule has 3 atom stereocenters. The number of pyridine rings is 1. The molecule has 0 aliphatic carbocycles. The second kappa shape index (κ2) is 8.41. The van der Waals surface area contributed by atoms with Gasteiger partial charge in [-0.1, -0.05) is 23.2 Å². The first-order chi connectivity index (χ1) is 12.9. The molecule has 3 aromatic rings. The predicted octanol–water partition coefficient (Wildman–Crippen LogP) is 4.64. The fourth-order valence-electron chi connectivity index (χ4n) is 3.56. The molecule has 1 aromatic carbocycles. The van der Waals surface area contributed by atoms with Crippen LogP contribution in [0.2, 0.25) is 10.0 Å². The van der Waals surface area contributed by atoms with Crippen LogP contribution in [-0.2, 0) is 0 Å². The van der Waals surface area contributed by atoms with Gasteiger partial charge in [-0.25, -0.2) is 9.37 Å². The average molecular weight is 445 g/mol. The normalized spacial score (nSPS) is 20.8. The van der Waals surface area contributed by atoms with Gasteiger partial charge in [-0.15, -0.1) is 12.4 Å². The number of hydrogen-bond donors (Lipinski definition) is 1. The largest absolute Gasteiger partial charge is 0.340 e. The van der Waals surface area contributed by atoms with Gasteiger partial charge in [0.1, 0.15) is 6.17 Å². The molecule has 2 aromatic heterocycles. The molecule has 1 aliphatic heterocycles. The number of benzene rings is 1. The number of rotatable bonds is 3. The van der Waals surface area contributed by atoms with E-state index in [1.807, 2.05) is 42.2 Å². The number of nitrogens with two attached hydrogens (primary N) is 1. The third kappa shape index (κ3) is 3.92. The van der Waals surface area contributed by atoms with E-state index in [0.29, 0.717) is 29.6 Å². The second-order valence-electron chi connectivity index (χ2n) is 6.91. The molecule has 1 aliphatic rings. The quantitative estimate of drug-likeness (QED) is 0.639. The molecule has 2 N–H and O–H groups in total. The van der Waals surface area contributed by atoms with E-state index in [1.54, 1.807) is 6.20 Å². The van der Waals surface area contributed by atoms with E-state index in [9.17, 15) is 4.39 Å². The van der Waals surface area contributed by atoms with Crippen molar-refractivity contribution in [2.24, 2.45) is 5.73 Å². The molecule has 0 saturated carbocycles. The number of halogens is 4. The maximum absolute atomic E-state index is 13.9. The van der Waals surface area contributed by atoms with Crippen molar-refractivity contribution >= 4 is 52.6 Å². The number of aromatic nitrogens is 3. The van der Waals surface area contributed by atoms with Gasteiger partial charge in [0.2, 0.25) is 5.95 Å². The summed E-state index contributed by atoms with van der Waals surface area (Å²) in [6.45, 7) is 3.02. The molecule has 28 heavy (non-hydrogen) atoms. The zero-order chi connectivity index (χ0) is 19.1. The van der Waals surface area contributed by atoms with Crippen molar-refractivity contribution in [3.8, 4) is 0 Å². The van der Waals surface area contributed by atoms with E-state index < -0.39 is 12.2 Å². The molecule has 0 bridgehead atoms. The molecule has 1 saturated heterocycles. The summed E-state index contributed by atoms with van der Waals surface area (Å²) in [6, 6.07) is 8.67. The summed E-state index contributed by atoms with van der Waals surface area (Å²) >= 11 is 12.2. The third-order valence-electron chi connectivity index (χ3n) is 5.05. The Morgan fingerprint density at radius 1 is 1.21 bits per heavy atom. The van der Waals surface area contributed by atoms with Crippen LogP contribution in [0.25, 0.3) is 11.0 Å². The summed E-state index contributed by atoms with van der Waals surface area (Å²) in [5.41, 5.74) is 8.55. The van der Waals surface area contributed by atoms with Crippen LogP contribution in [0.3, 0.4) is 0 Å². The molecule has 3 heterocycles. The number of imidazole rings is 1. The van der Waals surface area contributed by atoms with Gasteiger partial charge < -0.3 is 15.2 Å². The van der Waals surface area contributed by atoms with Gasteiger partial charge in [0, 0.05) is 24.3 Å². The number of hydrogen-bond acceptors (Lipinski definition) is 4. The highest BCUT2D eigenvalue weighted by molar-refractivity contribution is 6.31. The standard InChI is InChI=1S/C19H20Cl2FN5.ClH/c1-11(16-4-3-13(21)9-24-16)27-18-8-12(20)2-5-17(18)25-19(27)26-7-6-14(22)15(23)10-26;/h2-5,8-9,11,14-15H,6-7,10,23H2,1H3;1H/t11-,14+,15+;/m0./s1. The maximum atomic E-state index is 13.9. The molecule has 150 valence electrons. The van der Waals surface area contributed by atoms with Crippen LogP contribution in [0.5, 0.6) is 0 Å². The minimum absolute atomic E-state index is 0. The lowest BCUT2D eigenvalue weighted by molar-refractivity contribution is 0.243. The van der Waals surface area contributed by atoms with Crippen molar-refractivity contribution in [3.63, 3.8) is 0 Å². The lowest BCUT2D eigenvalue weighted by Crippen LogP contribution is -2.50. The zero-order valence-electron chi connectivity index (χ0n) is 15.2. The molecule has 0 unspecified atom stereocenters. The molecule has 5 nitrogen and oxygen atoms in total. The molecular weight excluding hydrogens is 424 g/mol. The summed E-state index contributed by atoms with van der Waals surface area (Å²) in [5.74, 6) is 0.749. The van der Waals surface area contributed by atoms with Crippen molar-refractivity contribution in [1.82, 2.24) is 14.5 Å². The first kappa shape index (κ1) is 21.1. The van der Waals surface area contributed by atoms with Crippen LogP contribution in [0.4, 0.5) is 10.3 Å². The van der Waals surface area contributed by atoms with E-state index in [4.69, 9.17) is 33.9 Å². The van der Waals surface area contributed by atoms with Gasteiger partial charge in [0.25, 0.3) is 0 Å². The molecule has 4 rings (SSSR count). The number of fused-ring (bicyclic) bond motifs is 1. The van der Waals surface area contributed by atoms with Gasteiger partial charge in [-0.2, -0.15) is 0 Å². The van der Waals surface area contributed by atoms with E-state index in [-0.39, 0.29) is 18.4 Å². The lowest BCUT2D eigenvalue weighted by Gasteiger charge is -2.34. The Hall–Kier alpha value is -1.60. The summed E-state index contributed by atoms with van der Waals surface area (Å²) in [6.07, 6.45) is 1.03. The van der Waals surface area contributed by atoms with E-state index in [0.717, 1.165) is 22.7 Å². The first-order valence-electron chi connectivity index (χ1n) is 8.87. The molecule has 0 amide bonds. The number of anilines is 1. The summed E-state index contributed by atoms with van der Waals surface area (Å²) in [7, 11) is 0. The number of nitrogens with zero attached hydrogens (tertiary/aromatic N) is 4. The van der Waals surface area contributed by atoms with Crippen molar-refractivity contribution in [3.05, 3.63) is 52.3 Å². The predicted molar refractivity (Wildman–Crippen MR) is 115 cm³/mol. The van der Waals surface area contributed by atoms with Gasteiger partial charge in [0.05, 0.1) is 33.8 Å². The number of alkyl halides is 1. The van der Waals surface area contributed by atoms with Crippen LogP contribution < -0.4 is 10.6 Å². The Kier molecular flexibility index (Phi) is 6.34. The molecule has 0 spiro atoms. The molecule has 0 radical (unpaired) electrons. The van der Waals surface area contributed by atoms with Crippen LogP contribution in [0.1, 0.15) is 25.1 Å². The Balaban J connectivity index is 0.00000225. The minimum atomic E-state index is -0.983. The summed E-state index contributed by atoms with van der Waals surface area (Å²) in [4.78, 5) is 11.3. The zero-order valence-corrected chi connectivity index (χ0v) is 17.6. The van der Waals surface area contributed by atoms with Gasteiger partial charge in [-0.05, 0) is 43.7 Å². The van der Waals surface area contributed by atoms with Crippen LogP contribution in [0, 0.1) is 0 Å². The fourth-order valence-corrected chi connectivity index (χ4v) is 3.84. The van der Waals surface area contributed by atoms with Gasteiger partial charge in [-0.3, -0.25) is 4.98 Å². The van der Waals surface area contributed by atoms with Crippen LogP contribution in [0.15, 0.2) is 36.5 Å². The number of piperidine rings is 1. The first-order valence-corrected chi connectivity index (χ1v) is 9.63. The SMILES string of the molecule is C[C@@H](c1ccc(Cl)cn1)n1c(N2CC[C@@H](F)[C@H](N)C2)nc2ccc(Cl)cc21.Cl. The Bertz CT molecular complexity index is 962. The van der Waals surface area contributed by atoms with Gasteiger partial charge in [0.15, 0.2) is 0 Å². The van der Waals surface area contributed by atoms with Crippen molar-refractivity contribution in [2.45, 2.75) is 31.6 Å². The van der Waals surface area contributed by atoms with E-state index >= 15 is 0 Å². The smallest absolute Gasteiger partial charge is 0.207 e. The Morgan fingerprint density at radius 3 is 2.64 bits per heavy atom. The lowest BCUT2D eigenvalue weighted by atomic mass is 10.1. The third-order valence-corrected chi connectivity index (χ3v) is 5.51. The monoisotopic (exact) mass is 443 g/mol. The highest BCUT2D eigenvalue weighted by atomic mass is 35.5. The van der Waals surface area contributed by atoms with Crippen LogP contribution >= 0.6 is 35.6 Å². The highest BCUT2D eigenvalue weighted by Gasteiger charge is 2.30. The van der Waals surface area contributed by atoms with Gasteiger partial charge >= 0.3 is 0 Å². The van der Waals surface area contributed by atoms with Crippen molar-refractivity contribution < 1.29 is 4.39 Å². The van der Waals surface area contributed by atoms with Crippen LogP contribution in [-0.4, -0.2) is 39.8 Å². The van der Waals surface area contributed by atoms with Crippen molar-refractivity contribution in [2.75, 3.05) is 18.0 Å². The highest BCUT2D eigenvalue weighted by Crippen LogP contribution is 2.33. The Morgan fingerprint density at radius 2 is 1.96 bits per heavy atom. The fraction of sp³-hybridized carbons (Fsp3) is 0.368. The average Bonchev–Trinajstić information content (AvgIpc) is 3.02. The minimum Gasteiger partial charge on any atom is -0.340 e. The van der Waals surface area contributed by atoms with E-state index in [1.165, 1.54) is 0 Å². The molecule has 1 fully saturated rings. The molecule has 9 heteroatoms. The van der Waals surface area contributed by atoms with E-state index in [2.05, 4.69) is 9.55 Å².